The molecule has 0 atom stereocenters. The highest BCUT2D eigenvalue weighted by Gasteiger charge is 2.26. The summed E-state index contributed by atoms with van der Waals surface area (Å²) < 4.78 is 1.94. The van der Waals surface area contributed by atoms with Crippen molar-refractivity contribution in [1.82, 2.24) is 24.6 Å². The van der Waals surface area contributed by atoms with Gasteiger partial charge in [0.05, 0.1) is 16.8 Å². The van der Waals surface area contributed by atoms with E-state index in [1.54, 1.807) is 0 Å². The van der Waals surface area contributed by atoms with E-state index in [0.29, 0.717) is 12.5 Å². The van der Waals surface area contributed by atoms with Gasteiger partial charge in [0.1, 0.15) is 11.6 Å². The number of nitrogens with zero attached hydrogens (tertiary/aromatic N) is 6. The first-order valence-corrected chi connectivity index (χ1v) is 14.1. The maximum atomic E-state index is 13.4. The molecular formula is C32H40N6O. The number of para-hydroxylation sites is 1. The minimum atomic E-state index is 0.0639. The van der Waals surface area contributed by atoms with Gasteiger partial charge in [-0.1, -0.05) is 65.0 Å². The molecular weight excluding hydrogens is 484 g/mol. The SMILES string of the molecule is Cc1nn(-c2ccccc2)c2nc(CC(C)C)nc(N3CCCN(C(=O)c4ccc(C(C)(C)C)cc4)CC3)c12. The molecule has 2 aromatic heterocycles. The molecule has 2 aromatic carbocycles. The van der Waals surface area contributed by atoms with Gasteiger partial charge < -0.3 is 9.80 Å². The van der Waals surface area contributed by atoms with Crippen LogP contribution in [0, 0.1) is 12.8 Å². The van der Waals surface area contributed by atoms with Gasteiger partial charge in [-0.3, -0.25) is 4.79 Å². The van der Waals surface area contributed by atoms with Crippen LogP contribution < -0.4 is 4.90 Å². The van der Waals surface area contributed by atoms with Crippen LogP contribution in [0.25, 0.3) is 16.7 Å². The lowest BCUT2D eigenvalue weighted by Gasteiger charge is -2.24. The quantitative estimate of drug-likeness (QED) is 0.322. The number of aryl methyl sites for hydroxylation is 1. The van der Waals surface area contributed by atoms with Gasteiger partial charge in [0.25, 0.3) is 5.91 Å². The van der Waals surface area contributed by atoms with Crippen LogP contribution in [0.4, 0.5) is 5.82 Å². The fraction of sp³-hybridized carbons (Fsp3) is 0.438. The summed E-state index contributed by atoms with van der Waals surface area (Å²) in [6.07, 6.45) is 1.67. The molecule has 3 heterocycles. The average molecular weight is 525 g/mol. The highest BCUT2D eigenvalue weighted by Crippen LogP contribution is 2.30. The van der Waals surface area contributed by atoms with E-state index in [1.165, 1.54) is 5.56 Å². The lowest BCUT2D eigenvalue weighted by Crippen LogP contribution is -2.35. The third kappa shape index (κ3) is 5.68. The second-order valence-corrected chi connectivity index (χ2v) is 12.1. The van der Waals surface area contributed by atoms with E-state index in [2.05, 4.69) is 63.8 Å². The number of rotatable bonds is 5. The molecule has 1 saturated heterocycles. The van der Waals surface area contributed by atoms with Gasteiger partial charge >= 0.3 is 0 Å². The highest BCUT2D eigenvalue weighted by molar-refractivity contribution is 5.94. The number of carbonyl (C=O) groups is 1. The maximum absolute atomic E-state index is 13.4. The van der Waals surface area contributed by atoms with E-state index >= 15 is 0 Å². The zero-order chi connectivity index (χ0) is 27.7. The normalized spacial score (nSPS) is 14.7. The van der Waals surface area contributed by atoms with Crippen molar-refractivity contribution in [1.29, 1.82) is 0 Å². The summed E-state index contributed by atoms with van der Waals surface area (Å²) >= 11 is 0. The molecule has 1 fully saturated rings. The minimum absolute atomic E-state index is 0.0639. The van der Waals surface area contributed by atoms with Crippen molar-refractivity contribution in [2.75, 3.05) is 31.1 Å². The van der Waals surface area contributed by atoms with Crippen molar-refractivity contribution < 1.29 is 4.79 Å². The molecule has 0 unspecified atom stereocenters. The summed E-state index contributed by atoms with van der Waals surface area (Å²) in [6, 6.07) is 18.3. The number of aromatic nitrogens is 4. The molecule has 0 N–H and O–H groups in total. The zero-order valence-electron chi connectivity index (χ0n) is 24.1. The third-order valence-corrected chi connectivity index (χ3v) is 7.40. The average Bonchev–Trinajstić information content (AvgIpc) is 3.07. The van der Waals surface area contributed by atoms with Crippen LogP contribution in [-0.2, 0) is 11.8 Å². The first kappa shape index (κ1) is 26.9. The molecule has 0 spiro atoms. The van der Waals surface area contributed by atoms with Crippen LogP contribution >= 0.6 is 0 Å². The molecule has 7 nitrogen and oxygen atoms in total. The van der Waals surface area contributed by atoms with Gasteiger partial charge in [-0.05, 0) is 54.5 Å². The van der Waals surface area contributed by atoms with Crippen molar-refractivity contribution in [2.45, 2.75) is 59.8 Å². The Bertz CT molecular complexity index is 1450. The highest BCUT2D eigenvalue weighted by atomic mass is 16.2. The predicted molar refractivity (Wildman–Crippen MR) is 158 cm³/mol. The van der Waals surface area contributed by atoms with Gasteiger partial charge in [0, 0.05) is 38.2 Å². The molecule has 1 aliphatic rings. The van der Waals surface area contributed by atoms with E-state index in [1.807, 2.05) is 46.8 Å². The van der Waals surface area contributed by atoms with Gasteiger partial charge in [0.15, 0.2) is 5.65 Å². The fourth-order valence-electron chi connectivity index (χ4n) is 5.27. The number of fused-ring (bicyclic) bond motifs is 1. The van der Waals surface area contributed by atoms with Gasteiger partial charge in [-0.15, -0.1) is 0 Å². The van der Waals surface area contributed by atoms with Crippen LogP contribution in [0.1, 0.15) is 68.5 Å². The first-order valence-electron chi connectivity index (χ1n) is 14.1. The summed E-state index contributed by atoms with van der Waals surface area (Å²) in [6.45, 7) is 15.9. The van der Waals surface area contributed by atoms with E-state index in [-0.39, 0.29) is 11.3 Å². The third-order valence-electron chi connectivity index (χ3n) is 7.40. The molecule has 1 amide bonds. The van der Waals surface area contributed by atoms with Gasteiger partial charge in [0.2, 0.25) is 0 Å². The standard InChI is InChI=1S/C32H40N6O/c1-22(2)21-27-33-29(28-23(3)35-38(30(28)34-27)26-11-8-7-9-12-26)36-17-10-18-37(20-19-36)31(39)24-13-15-25(16-14-24)32(4,5)6/h7-9,11-16,22H,10,17-21H2,1-6H3. The number of hydrogen-bond donors (Lipinski definition) is 0. The zero-order valence-corrected chi connectivity index (χ0v) is 24.1. The Morgan fingerprint density at radius 1 is 0.923 bits per heavy atom. The van der Waals surface area contributed by atoms with Gasteiger partial charge in [-0.2, -0.15) is 5.10 Å². The molecule has 5 rings (SSSR count). The van der Waals surface area contributed by atoms with E-state index < -0.39 is 0 Å². The number of amides is 1. The number of benzene rings is 2. The molecule has 0 radical (unpaired) electrons. The molecule has 4 aromatic rings. The Balaban J connectivity index is 1.45. The first-order chi connectivity index (χ1) is 18.6. The molecule has 0 saturated carbocycles. The lowest BCUT2D eigenvalue weighted by atomic mass is 9.86. The number of hydrogen-bond acceptors (Lipinski definition) is 5. The van der Waals surface area contributed by atoms with Crippen molar-refractivity contribution >= 4 is 22.8 Å². The van der Waals surface area contributed by atoms with Crippen molar-refractivity contribution in [2.24, 2.45) is 5.92 Å². The Labute approximate surface area is 231 Å². The lowest BCUT2D eigenvalue weighted by molar-refractivity contribution is 0.0767. The Morgan fingerprint density at radius 3 is 2.31 bits per heavy atom. The molecule has 1 aliphatic heterocycles. The van der Waals surface area contributed by atoms with Crippen LogP contribution in [0.15, 0.2) is 54.6 Å². The van der Waals surface area contributed by atoms with Crippen LogP contribution in [0.5, 0.6) is 0 Å². The smallest absolute Gasteiger partial charge is 0.253 e. The van der Waals surface area contributed by atoms with Crippen molar-refractivity contribution in [3.8, 4) is 5.69 Å². The second kappa shape index (κ2) is 10.8. The van der Waals surface area contributed by atoms with Gasteiger partial charge in [-0.25, -0.2) is 14.6 Å². The largest absolute Gasteiger partial charge is 0.354 e. The summed E-state index contributed by atoms with van der Waals surface area (Å²) in [5.41, 5.74) is 4.79. The molecule has 39 heavy (non-hydrogen) atoms. The molecule has 0 aliphatic carbocycles. The van der Waals surface area contributed by atoms with Crippen molar-refractivity contribution in [3.05, 3.63) is 77.2 Å². The Kier molecular flexibility index (Phi) is 7.43. The minimum Gasteiger partial charge on any atom is -0.354 e. The Morgan fingerprint density at radius 2 is 1.64 bits per heavy atom. The molecule has 7 heteroatoms. The number of anilines is 1. The van der Waals surface area contributed by atoms with Crippen molar-refractivity contribution in [3.63, 3.8) is 0 Å². The Hall–Kier alpha value is -3.74. The number of carbonyl (C=O) groups excluding carboxylic acids is 1. The summed E-state index contributed by atoms with van der Waals surface area (Å²) in [7, 11) is 0. The summed E-state index contributed by atoms with van der Waals surface area (Å²) in [5, 5.41) is 5.88. The van der Waals surface area contributed by atoms with E-state index in [0.717, 1.165) is 72.1 Å². The molecule has 204 valence electrons. The summed E-state index contributed by atoms with van der Waals surface area (Å²) in [5.74, 6) is 2.30. The summed E-state index contributed by atoms with van der Waals surface area (Å²) in [4.78, 5) is 27.8. The van der Waals surface area contributed by atoms with E-state index in [4.69, 9.17) is 15.1 Å². The topological polar surface area (TPSA) is 67.2 Å². The molecule has 0 bridgehead atoms. The predicted octanol–water partition coefficient (Wildman–Crippen LogP) is 5.97. The second-order valence-electron chi connectivity index (χ2n) is 12.1. The van der Waals surface area contributed by atoms with Crippen LogP contribution in [0.2, 0.25) is 0 Å². The van der Waals surface area contributed by atoms with Crippen LogP contribution in [-0.4, -0.2) is 56.7 Å². The van der Waals surface area contributed by atoms with Crippen LogP contribution in [0.3, 0.4) is 0 Å². The monoisotopic (exact) mass is 524 g/mol. The maximum Gasteiger partial charge on any atom is 0.253 e. The van der Waals surface area contributed by atoms with E-state index in [9.17, 15) is 4.79 Å². The fourth-order valence-corrected chi connectivity index (χ4v) is 5.27.